The summed E-state index contributed by atoms with van der Waals surface area (Å²) in [5.41, 5.74) is 1.89. The molecule has 0 saturated carbocycles. The van der Waals surface area contributed by atoms with Crippen molar-refractivity contribution in [2.24, 2.45) is 0 Å². The lowest BCUT2D eigenvalue weighted by atomic mass is 9.92. The van der Waals surface area contributed by atoms with E-state index in [9.17, 15) is 0 Å². The van der Waals surface area contributed by atoms with Crippen molar-refractivity contribution in [3.8, 4) is 0 Å². The Morgan fingerprint density at radius 3 is 2.54 bits per heavy atom. The Morgan fingerprint density at radius 2 is 1.89 bits per heavy atom. The maximum atomic E-state index is 5.86. The van der Waals surface area contributed by atoms with E-state index >= 15 is 0 Å². The summed E-state index contributed by atoms with van der Waals surface area (Å²) in [5.74, 6) is 3.51. The zero-order valence-corrected chi connectivity index (χ0v) is 17.5. The molecule has 3 aromatic heterocycles. The molecule has 1 fully saturated rings. The number of piperidine rings is 1. The summed E-state index contributed by atoms with van der Waals surface area (Å²) in [6.07, 6.45) is 3.94. The zero-order chi connectivity index (χ0) is 19.9. The monoisotopic (exact) mass is 382 g/mol. The summed E-state index contributed by atoms with van der Waals surface area (Å²) in [6, 6.07) is 4.08. The Hall–Kier alpha value is -2.28. The average Bonchev–Trinajstić information content (AvgIpc) is 3.28. The first-order chi connectivity index (χ1) is 13.3. The van der Waals surface area contributed by atoms with Crippen molar-refractivity contribution in [2.75, 3.05) is 13.1 Å². The molecule has 1 aliphatic heterocycles. The Bertz CT molecular complexity index is 943. The van der Waals surface area contributed by atoms with E-state index in [1.54, 1.807) is 0 Å². The van der Waals surface area contributed by atoms with Crippen molar-refractivity contribution in [1.82, 2.24) is 29.7 Å². The number of hydrogen-bond acceptors (Lipinski definition) is 6. The Balaban J connectivity index is 1.44. The van der Waals surface area contributed by atoms with Crippen molar-refractivity contribution in [1.29, 1.82) is 0 Å². The highest BCUT2D eigenvalue weighted by Gasteiger charge is 2.27. The lowest BCUT2D eigenvalue weighted by Gasteiger charge is -2.30. The minimum absolute atomic E-state index is 0.00394. The van der Waals surface area contributed by atoms with Gasteiger partial charge < -0.3 is 4.42 Å². The third-order valence-corrected chi connectivity index (χ3v) is 5.51. The summed E-state index contributed by atoms with van der Waals surface area (Å²) >= 11 is 0. The maximum Gasteiger partial charge on any atom is 0.208 e. The molecule has 0 spiro atoms. The lowest BCUT2D eigenvalue weighted by molar-refractivity contribution is 0.183. The summed E-state index contributed by atoms with van der Waals surface area (Å²) in [4.78, 5) is 6.84. The molecule has 4 heterocycles. The summed E-state index contributed by atoms with van der Waals surface area (Å²) in [7, 11) is 0. The predicted molar refractivity (Wildman–Crippen MR) is 107 cm³/mol. The molecular weight excluding hydrogens is 352 g/mol. The number of oxazole rings is 1. The van der Waals surface area contributed by atoms with Crippen LogP contribution in [0.1, 0.15) is 82.5 Å². The molecule has 7 heteroatoms. The van der Waals surface area contributed by atoms with E-state index in [4.69, 9.17) is 9.52 Å². The Morgan fingerprint density at radius 1 is 1.14 bits per heavy atom. The van der Waals surface area contributed by atoms with Crippen LogP contribution >= 0.6 is 0 Å². The molecule has 0 unspecified atom stereocenters. The number of aromatic nitrogens is 5. The highest BCUT2D eigenvalue weighted by atomic mass is 16.4. The Kier molecular flexibility index (Phi) is 4.95. The number of hydrogen-bond donors (Lipinski definition) is 0. The van der Waals surface area contributed by atoms with E-state index in [0.717, 1.165) is 61.3 Å². The van der Waals surface area contributed by atoms with Crippen LogP contribution in [0.15, 0.2) is 22.7 Å². The minimum Gasteiger partial charge on any atom is -0.444 e. The highest BCUT2D eigenvalue weighted by molar-refractivity contribution is 5.37. The largest absolute Gasteiger partial charge is 0.444 e. The average molecular weight is 383 g/mol. The van der Waals surface area contributed by atoms with Crippen LogP contribution in [0, 0.1) is 0 Å². The number of rotatable bonds is 4. The van der Waals surface area contributed by atoms with Crippen LogP contribution in [0.4, 0.5) is 0 Å². The van der Waals surface area contributed by atoms with Gasteiger partial charge in [0.15, 0.2) is 11.5 Å². The molecule has 0 aliphatic carbocycles. The van der Waals surface area contributed by atoms with Gasteiger partial charge in [0.2, 0.25) is 5.89 Å². The van der Waals surface area contributed by atoms with E-state index in [2.05, 4.69) is 60.8 Å². The maximum absolute atomic E-state index is 5.86. The van der Waals surface area contributed by atoms with Crippen LogP contribution in [-0.4, -0.2) is 42.8 Å². The molecule has 150 valence electrons. The fraction of sp³-hybridized carbons (Fsp3) is 0.619. The fourth-order valence-electron chi connectivity index (χ4n) is 3.67. The van der Waals surface area contributed by atoms with Gasteiger partial charge in [-0.15, -0.1) is 10.2 Å². The van der Waals surface area contributed by atoms with Crippen LogP contribution in [0.25, 0.3) is 5.65 Å². The van der Waals surface area contributed by atoms with Crippen LogP contribution < -0.4 is 0 Å². The summed E-state index contributed by atoms with van der Waals surface area (Å²) in [6.45, 7) is 13.5. The molecule has 1 aliphatic rings. The molecule has 0 radical (unpaired) electrons. The number of fused-ring (bicyclic) bond motifs is 1. The van der Waals surface area contributed by atoms with Gasteiger partial charge in [-0.2, -0.15) is 9.61 Å². The van der Waals surface area contributed by atoms with E-state index in [-0.39, 0.29) is 5.41 Å². The van der Waals surface area contributed by atoms with Crippen LogP contribution in [-0.2, 0) is 12.0 Å². The Labute approximate surface area is 166 Å². The standard InChI is InChI=1S/C21H30N6O/c1-14(2)16-12-22-19(28-16)13-26-10-8-15(9-11-26)20-24-23-18-7-6-17(21(3,4)5)25-27(18)20/h6-7,12,14-15H,8-11,13H2,1-5H3. The molecule has 0 atom stereocenters. The molecular formula is C21H30N6O. The predicted octanol–water partition coefficient (Wildman–Crippen LogP) is 3.91. The van der Waals surface area contributed by atoms with Crippen molar-refractivity contribution >= 4 is 5.65 Å². The van der Waals surface area contributed by atoms with Gasteiger partial charge in [-0.05, 0) is 38.1 Å². The third kappa shape index (κ3) is 3.81. The van der Waals surface area contributed by atoms with E-state index in [0.29, 0.717) is 11.8 Å². The van der Waals surface area contributed by atoms with Gasteiger partial charge in [0.05, 0.1) is 18.4 Å². The van der Waals surface area contributed by atoms with Gasteiger partial charge >= 0.3 is 0 Å². The van der Waals surface area contributed by atoms with Crippen LogP contribution in [0.2, 0.25) is 0 Å². The molecule has 4 rings (SSSR count). The molecule has 0 bridgehead atoms. The van der Waals surface area contributed by atoms with Crippen molar-refractivity contribution in [3.63, 3.8) is 0 Å². The van der Waals surface area contributed by atoms with Crippen LogP contribution in [0.3, 0.4) is 0 Å². The first-order valence-electron chi connectivity index (χ1n) is 10.2. The molecule has 1 saturated heterocycles. The number of likely N-dealkylation sites (tertiary alicyclic amines) is 1. The summed E-state index contributed by atoms with van der Waals surface area (Å²) < 4.78 is 7.81. The lowest BCUT2D eigenvalue weighted by Crippen LogP contribution is -2.33. The molecule has 0 N–H and O–H groups in total. The van der Waals surface area contributed by atoms with E-state index in [1.165, 1.54) is 0 Å². The van der Waals surface area contributed by atoms with Gasteiger partial charge in [0, 0.05) is 17.3 Å². The van der Waals surface area contributed by atoms with Crippen molar-refractivity contribution in [3.05, 3.63) is 41.5 Å². The topological polar surface area (TPSA) is 72.4 Å². The number of nitrogens with zero attached hydrogens (tertiary/aromatic N) is 6. The second kappa shape index (κ2) is 7.28. The van der Waals surface area contributed by atoms with E-state index in [1.807, 2.05) is 16.8 Å². The first-order valence-corrected chi connectivity index (χ1v) is 10.2. The molecule has 0 amide bonds. The SMILES string of the molecule is CC(C)c1cnc(CN2CCC(c3nnc4ccc(C(C)(C)C)nn34)CC2)o1. The van der Waals surface area contributed by atoms with Gasteiger partial charge in [0.25, 0.3) is 0 Å². The second-order valence-corrected chi connectivity index (χ2v) is 9.16. The molecule has 7 nitrogen and oxygen atoms in total. The van der Waals surface area contributed by atoms with E-state index < -0.39 is 0 Å². The molecule has 3 aromatic rings. The third-order valence-electron chi connectivity index (χ3n) is 5.51. The van der Waals surface area contributed by atoms with Gasteiger partial charge in [0.1, 0.15) is 5.76 Å². The minimum atomic E-state index is 0.00394. The second-order valence-electron chi connectivity index (χ2n) is 9.16. The van der Waals surface area contributed by atoms with Gasteiger partial charge in [-0.1, -0.05) is 34.6 Å². The molecule has 0 aromatic carbocycles. The summed E-state index contributed by atoms with van der Waals surface area (Å²) in [5, 5.41) is 13.7. The quantitative estimate of drug-likeness (QED) is 0.681. The highest BCUT2D eigenvalue weighted by Crippen LogP contribution is 2.28. The van der Waals surface area contributed by atoms with Crippen molar-refractivity contribution < 1.29 is 4.42 Å². The normalized spacial score (nSPS) is 17.1. The zero-order valence-electron chi connectivity index (χ0n) is 17.5. The van der Waals surface area contributed by atoms with Gasteiger partial charge in [-0.3, -0.25) is 4.90 Å². The molecule has 28 heavy (non-hydrogen) atoms. The van der Waals surface area contributed by atoms with Crippen LogP contribution in [0.5, 0.6) is 0 Å². The van der Waals surface area contributed by atoms with Crippen molar-refractivity contribution in [2.45, 2.75) is 71.3 Å². The first kappa shape index (κ1) is 19.1. The van der Waals surface area contributed by atoms with Gasteiger partial charge in [-0.25, -0.2) is 4.98 Å². The smallest absolute Gasteiger partial charge is 0.208 e. The fourth-order valence-corrected chi connectivity index (χ4v) is 3.67.